The van der Waals surface area contributed by atoms with Gasteiger partial charge in [-0.05, 0) is 37.1 Å². The topological polar surface area (TPSA) is 54.0 Å². The van der Waals surface area contributed by atoms with Gasteiger partial charge in [-0.2, -0.15) is 4.98 Å². The SMILES string of the molecule is CNC(SC)=[N+](C)C(C)c1nc(-c2cccc(Cl)c2)no1. The molecular formula is C14H18ClN4OS+. The Morgan fingerprint density at radius 3 is 2.86 bits per heavy atom. The fraction of sp³-hybridized carbons (Fsp3) is 0.357. The van der Waals surface area contributed by atoms with Gasteiger partial charge in [0.2, 0.25) is 5.82 Å². The van der Waals surface area contributed by atoms with Crippen LogP contribution >= 0.6 is 23.4 Å². The van der Waals surface area contributed by atoms with Crippen LogP contribution in [0.3, 0.4) is 0 Å². The lowest BCUT2D eigenvalue weighted by Crippen LogP contribution is -2.28. The van der Waals surface area contributed by atoms with Crippen LogP contribution in [0.15, 0.2) is 28.8 Å². The van der Waals surface area contributed by atoms with E-state index in [-0.39, 0.29) is 6.04 Å². The van der Waals surface area contributed by atoms with Gasteiger partial charge in [0, 0.05) is 10.6 Å². The molecule has 1 heterocycles. The van der Waals surface area contributed by atoms with Crippen LogP contribution in [0.1, 0.15) is 18.9 Å². The van der Waals surface area contributed by atoms with Crippen molar-refractivity contribution < 1.29 is 9.10 Å². The van der Waals surface area contributed by atoms with Crippen molar-refractivity contribution in [3.05, 3.63) is 35.2 Å². The number of rotatable bonds is 3. The molecule has 7 heteroatoms. The van der Waals surface area contributed by atoms with Crippen molar-refractivity contribution in [1.82, 2.24) is 15.5 Å². The van der Waals surface area contributed by atoms with Crippen molar-refractivity contribution in [1.29, 1.82) is 0 Å². The Morgan fingerprint density at radius 2 is 2.24 bits per heavy atom. The van der Waals surface area contributed by atoms with E-state index < -0.39 is 0 Å². The summed E-state index contributed by atoms with van der Waals surface area (Å²) in [6, 6.07) is 7.37. The Morgan fingerprint density at radius 1 is 1.48 bits per heavy atom. The summed E-state index contributed by atoms with van der Waals surface area (Å²) in [6.45, 7) is 2.02. The maximum absolute atomic E-state index is 5.98. The minimum absolute atomic E-state index is 0.0275. The zero-order valence-electron chi connectivity index (χ0n) is 12.4. The fourth-order valence-electron chi connectivity index (χ4n) is 1.91. The summed E-state index contributed by atoms with van der Waals surface area (Å²) in [5, 5.41) is 8.86. The summed E-state index contributed by atoms with van der Waals surface area (Å²) in [4.78, 5) is 4.47. The van der Waals surface area contributed by atoms with E-state index in [1.807, 2.05) is 51.5 Å². The first-order valence-corrected chi connectivity index (χ1v) is 8.08. The predicted molar refractivity (Wildman–Crippen MR) is 86.9 cm³/mol. The molecule has 0 aliphatic carbocycles. The van der Waals surface area contributed by atoms with Crippen molar-refractivity contribution in [3.8, 4) is 11.4 Å². The monoisotopic (exact) mass is 325 g/mol. The Balaban J connectivity index is 2.30. The van der Waals surface area contributed by atoms with Gasteiger partial charge in [0.05, 0.1) is 14.1 Å². The highest BCUT2D eigenvalue weighted by atomic mass is 35.5. The molecule has 1 atom stereocenters. The summed E-state index contributed by atoms with van der Waals surface area (Å²) in [5.41, 5.74) is 0.843. The number of halogens is 1. The zero-order chi connectivity index (χ0) is 15.4. The lowest BCUT2D eigenvalue weighted by molar-refractivity contribution is -0.543. The number of amidine groups is 1. The summed E-state index contributed by atoms with van der Waals surface area (Å²) < 4.78 is 7.44. The molecule has 2 rings (SSSR count). The van der Waals surface area contributed by atoms with Crippen LogP contribution in [0.5, 0.6) is 0 Å². The van der Waals surface area contributed by atoms with E-state index in [0.717, 1.165) is 10.7 Å². The van der Waals surface area contributed by atoms with Crippen LogP contribution < -0.4 is 5.32 Å². The van der Waals surface area contributed by atoms with Crippen molar-refractivity contribution in [2.75, 3.05) is 20.4 Å². The number of thioether (sulfide) groups is 1. The van der Waals surface area contributed by atoms with E-state index >= 15 is 0 Å². The summed E-state index contributed by atoms with van der Waals surface area (Å²) in [6.07, 6.45) is 2.01. The van der Waals surface area contributed by atoms with Gasteiger partial charge in [0.25, 0.3) is 5.89 Å². The second-order valence-corrected chi connectivity index (χ2v) is 5.74. The van der Waals surface area contributed by atoms with E-state index in [2.05, 4.69) is 20.0 Å². The van der Waals surface area contributed by atoms with Gasteiger partial charge in [-0.3, -0.25) is 5.32 Å². The average molecular weight is 326 g/mol. The third-order valence-electron chi connectivity index (χ3n) is 3.19. The lowest BCUT2D eigenvalue weighted by atomic mass is 10.2. The van der Waals surface area contributed by atoms with Crippen LogP contribution in [-0.2, 0) is 0 Å². The minimum Gasteiger partial charge on any atom is -0.334 e. The van der Waals surface area contributed by atoms with Gasteiger partial charge in [-0.25, -0.2) is 4.58 Å². The minimum atomic E-state index is -0.0275. The van der Waals surface area contributed by atoms with E-state index in [1.54, 1.807) is 11.8 Å². The summed E-state index contributed by atoms with van der Waals surface area (Å²) in [5.74, 6) is 1.11. The molecule has 0 saturated carbocycles. The van der Waals surface area contributed by atoms with E-state index in [0.29, 0.717) is 16.7 Å². The second kappa shape index (κ2) is 6.95. The first kappa shape index (κ1) is 15.9. The van der Waals surface area contributed by atoms with E-state index in [4.69, 9.17) is 16.1 Å². The van der Waals surface area contributed by atoms with Gasteiger partial charge in [0.15, 0.2) is 6.04 Å². The number of nitrogens with one attached hydrogen (secondary N) is 1. The highest BCUT2D eigenvalue weighted by Crippen LogP contribution is 2.22. The molecule has 0 fully saturated rings. The number of hydrogen-bond donors (Lipinski definition) is 1. The van der Waals surface area contributed by atoms with Crippen molar-refractivity contribution in [2.45, 2.75) is 13.0 Å². The van der Waals surface area contributed by atoms with Crippen molar-refractivity contribution in [3.63, 3.8) is 0 Å². The molecule has 0 spiro atoms. The Hall–Kier alpha value is -1.53. The Bertz CT molecular complexity index is 650. The van der Waals surface area contributed by atoms with Crippen molar-refractivity contribution >= 4 is 28.5 Å². The van der Waals surface area contributed by atoms with Gasteiger partial charge < -0.3 is 4.52 Å². The predicted octanol–water partition coefficient (Wildman–Crippen LogP) is 3.03. The maximum Gasteiger partial charge on any atom is 0.306 e. The Kier molecular flexibility index (Phi) is 5.25. The van der Waals surface area contributed by atoms with Crippen LogP contribution in [-0.4, -0.2) is 40.2 Å². The molecule has 0 saturated heterocycles. The van der Waals surface area contributed by atoms with Gasteiger partial charge in [-0.1, -0.05) is 28.9 Å². The van der Waals surface area contributed by atoms with Crippen molar-refractivity contribution in [2.24, 2.45) is 0 Å². The first-order chi connectivity index (χ1) is 10.1. The quantitative estimate of drug-likeness (QED) is 0.534. The smallest absolute Gasteiger partial charge is 0.306 e. The van der Waals surface area contributed by atoms with Crippen LogP contribution in [0.4, 0.5) is 0 Å². The first-order valence-electron chi connectivity index (χ1n) is 6.48. The highest BCUT2D eigenvalue weighted by molar-refractivity contribution is 8.13. The number of benzene rings is 1. The standard InChI is InChI=1S/C14H17ClN4OS/c1-9(19(3)14(16-2)21-4)13-17-12(18-20-13)10-6-5-7-11(15)8-10/h5-9H,1-4H3/p+1. The van der Waals surface area contributed by atoms with E-state index in [9.17, 15) is 0 Å². The lowest BCUT2D eigenvalue weighted by Gasteiger charge is -2.09. The third-order valence-corrected chi connectivity index (χ3v) is 4.30. The van der Waals surface area contributed by atoms with Crippen LogP contribution in [0.25, 0.3) is 11.4 Å². The molecule has 112 valence electrons. The van der Waals surface area contributed by atoms with Gasteiger partial charge in [0.1, 0.15) is 0 Å². The molecular weight excluding hydrogens is 308 g/mol. The molecule has 5 nitrogen and oxygen atoms in total. The van der Waals surface area contributed by atoms with Gasteiger partial charge in [-0.15, -0.1) is 0 Å². The summed E-state index contributed by atoms with van der Waals surface area (Å²) in [7, 11) is 3.87. The molecule has 0 aliphatic rings. The second-order valence-electron chi connectivity index (χ2n) is 4.51. The maximum atomic E-state index is 5.98. The molecule has 1 aromatic heterocycles. The normalized spacial score (nSPS) is 13.8. The Labute approximate surface area is 133 Å². The number of nitrogens with zero attached hydrogens (tertiary/aromatic N) is 3. The molecule has 0 radical (unpaired) electrons. The van der Waals surface area contributed by atoms with Crippen LogP contribution in [0, 0.1) is 0 Å². The average Bonchev–Trinajstić information content (AvgIpc) is 2.97. The molecule has 1 N–H and O–H groups in total. The number of hydrogen-bond acceptors (Lipinski definition) is 4. The highest BCUT2D eigenvalue weighted by Gasteiger charge is 2.22. The van der Waals surface area contributed by atoms with E-state index in [1.165, 1.54) is 0 Å². The molecule has 0 bridgehead atoms. The third kappa shape index (κ3) is 3.57. The molecule has 1 unspecified atom stereocenters. The molecule has 1 aromatic carbocycles. The fourth-order valence-corrected chi connectivity index (χ4v) is 2.75. The number of aromatic nitrogens is 2. The van der Waals surface area contributed by atoms with Gasteiger partial charge >= 0.3 is 5.17 Å². The molecule has 0 aliphatic heterocycles. The molecule has 21 heavy (non-hydrogen) atoms. The largest absolute Gasteiger partial charge is 0.334 e. The molecule has 2 aromatic rings. The molecule has 0 amide bonds. The zero-order valence-corrected chi connectivity index (χ0v) is 14.0. The van der Waals surface area contributed by atoms with Crippen LogP contribution in [0.2, 0.25) is 5.02 Å². The summed E-state index contributed by atoms with van der Waals surface area (Å²) >= 11 is 7.62.